The lowest BCUT2D eigenvalue weighted by Crippen LogP contribution is -2.23. The van der Waals surface area contributed by atoms with Crippen molar-refractivity contribution in [1.82, 2.24) is 9.88 Å². The van der Waals surface area contributed by atoms with Gasteiger partial charge in [-0.15, -0.1) is 0 Å². The Bertz CT molecular complexity index is 1240. The summed E-state index contributed by atoms with van der Waals surface area (Å²) in [6.07, 6.45) is 1.48. The highest BCUT2D eigenvalue weighted by molar-refractivity contribution is 7.92. The molecule has 150 valence electrons. The molecule has 0 atom stereocenters. The Labute approximate surface area is 173 Å². The predicted molar refractivity (Wildman–Crippen MR) is 112 cm³/mol. The normalized spacial score (nSPS) is 13.7. The molecule has 0 saturated carbocycles. The number of aromatic nitrogens is 1. The van der Waals surface area contributed by atoms with E-state index in [0.717, 1.165) is 5.56 Å². The Morgan fingerprint density at radius 2 is 2.07 bits per heavy atom. The van der Waals surface area contributed by atoms with Gasteiger partial charge in [-0.05, 0) is 36.8 Å². The van der Waals surface area contributed by atoms with Gasteiger partial charge in [-0.2, -0.15) is 0 Å². The number of hydrogen-bond acceptors (Lipinski definition) is 5. The number of nitrogens with zero attached hydrogens (tertiary/aromatic N) is 2. The van der Waals surface area contributed by atoms with Gasteiger partial charge in [0.25, 0.3) is 5.91 Å². The minimum Gasteiger partial charge on any atom is -0.505 e. The van der Waals surface area contributed by atoms with Gasteiger partial charge in [0.1, 0.15) is 5.52 Å². The fourth-order valence-electron chi connectivity index (χ4n) is 3.48. The van der Waals surface area contributed by atoms with Crippen LogP contribution in [0.4, 0.5) is 5.69 Å². The summed E-state index contributed by atoms with van der Waals surface area (Å²) in [7, 11) is -3.60. The Morgan fingerprint density at radius 1 is 1.28 bits per heavy atom. The van der Waals surface area contributed by atoms with Crippen LogP contribution in [-0.4, -0.2) is 35.1 Å². The minimum absolute atomic E-state index is 0.0760. The van der Waals surface area contributed by atoms with Crippen molar-refractivity contribution in [1.29, 1.82) is 0 Å². The second kappa shape index (κ2) is 7.20. The van der Waals surface area contributed by atoms with Gasteiger partial charge in [-0.1, -0.05) is 23.7 Å². The Hall–Kier alpha value is -2.84. The number of phenols is 1. The molecule has 1 amide bonds. The second-order valence-corrected chi connectivity index (χ2v) is 9.22. The molecule has 0 radical (unpaired) electrons. The molecule has 4 rings (SSSR count). The average Bonchev–Trinajstić information content (AvgIpc) is 3.02. The van der Waals surface area contributed by atoms with E-state index in [9.17, 15) is 18.3 Å². The summed E-state index contributed by atoms with van der Waals surface area (Å²) >= 11 is 6.04. The molecule has 0 saturated heterocycles. The fraction of sp³-hybridized carbons (Fsp3) is 0.200. The molecule has 29 heavy (non-hydrogen) atoms. The summed E-state index contributed by atoms with van der Waals surface area (Å²) in [5.41, 5.74) is 1.80. The number of amides is 1. The second-order valence-electron chi connectivity index (χ2n) is 6.77. The van der Waals surface area contributed by atoms with E-state index in [0.29, 0.717) is 16.0 Å². The van der Waals surface area contributed by atoms with Crippen LogP contribution in [0.2, 0.25) is 5.02 Å². The highest BCUT2D eigenvalue weighted by Crippen LogP contribution is 2.43. The monoisotopic (exact) mass is 431 g/mol. The molecule has 3 aromatic rings. The molecule has 2 aromatic carbocycles. The molecule has 7 nitrogen and oxygen atoms in total. The summed E-state index contributed by atoms with van der Waals surface area (Å²) in [5, 5.41) is 11.7. The van der Waals surface area contributed by atoms with Crippen LogP contribution in [0.15, 0.2) is 42.6 Å². The number of carbonyl (C=O) groups is 1. The van der Waals surface area contributed by atoms with Crippen LogP contribution in [0, 0.1) is 0 Å². The van der Waals surface area contributed by atoms with Crippen molar-refractivity contribution in [3.05, 3.63) is 64.3 Å². The average molecular weight is 432 g/mol. The van der Waals surface area contributed by atoms with Gasteiger partial charge in [0.15, 0.2) is 5.75 Å². The number of rotatable bonds is 5. The van der Waals surface area contributed by atoms with E-state index in [1.54, 1.807) is 35.2 Å². The first-order valence-electron chi connectivity index (χ1n) is 8.97. The smallest absolute Gasteiger partial charge is 0.258 e. The highest BCUT2D eigenvalue weighted by Gasteiger charge is 2.35. The highest BCUT2D eigenvalue weighted by atomic mass is 35.5. The zero-order valence-electron chi connectivity index (χ0n) is 15.5. The lowest BCUT2D eigenvalue weighted by Gasteiger charge is -2.16. The third-order valence-corrected chi connectivity index (χ3v) is 6.40. The van der Waals surface area contributed by atoms with Crippen LogP contribution in [0.5, 0.6) is 5.75 Å². The van der Waals surface area contributed by atoms with Gasteiger partial charge in [0.05, 0.1) is 17.0 Å². The van der Waals surface area contributed by atoms with Gasteiger partial charge in [0, 0.05) is 35.3 Å². The number of nitrogens with one attached hydrogen (secondary N) is 1. The Kier molecular flexibility index (Phi) is 4.84. The Balaban J connectivity index is 1.85. The van der Waals surface area contributed by atoms with Crippen molar-refractivity contribution < 1.29 is 18.3 Å². The van der Waals surface area contributed by atoms with Gasteiger partial charge in [-0.3, -0.25) is 14.5 Å². The van der Waals surface area contributed by atoms with Crippen molar-refractivity contribution in [2.45, 2.75) is 20.0 Å². The standard InChI is InChI=1S/C20H18ClN3O4S/c1-2-29(27,28)23-17-14-7-4-8-22-18(14)19(25)16-15(17)11-24(20(16)26)10-12-5-3-6-13(21)9-12/h3-9,23,25H,2,10-11H2,1H3. The van der Waals surface area contributed by atoms with E-state index in [2.05, 4.69) is 9.71 Å². The number of benzene rings is 2. The van der Waals surface area contributed by atoms with Crippen LogP contribution in [0.3, 0.4) is 0 Å². The molecule has 0 aliphatic carbocycles. The molecule has 0 bridgehead atoms. The first kappa shape index (κ1) is 19.5. The van der Waals surface area contributed by atoms with E-state index in [-0.39, 0.29) is 47.3 Å². The summed E-state index contributed by atoms with van der Waals surface area (Å²) in [6, 6.07) is 10.5. The van der Waals surface area contributed by atoms with Gasteiger partial charge >= 0.3 is 0 Å². The van der Waals surface area contributed by atoms with Crippen LogP contribution < -0.4 is 4.72 Å². The van der Waals surface area contributed by atoms with Crippen molar-refractivity contribution >= 4 is 44.1 Å². The first-order chi connectivity index (χ1) is 13.8. The van der Waals surface area contributed by atoms with E-state index in [1.165, 1.54) is 13.1 Å². The zero-order chi connectivity index (χ0) is 20.8. The number of fused-ring (bicyclic) bond motifs is 2. The lowest BCUT2D eigenvalue weighted by molar-refractivity contribution is 0.0764. The topological polar surface area (TPSA) is 99.6 Å². The van der Waals surface area contributed by atoms with Crippen molar-refractivity contribution in [3.8, 4) is 5.75 Å². The maximum absolute atomic E-state index is 13.1. The number of sulfonamides is 1. The summed E-state index contributed by atoms with van der Waals surface area (Å²) in [6.45, 7) is 1.96. The van der Waals surface area contributed by atoms with Gasteiger partial charge < -0.3 is 10.0 Å². The molecule has 9 heteroatoms. The van der Waals surface area contributed by atoms with Crippen LogP contribution in [0.25, 0.3) is 10.9 Å². The SMILES string of the molecule is CCS(=O)(=O)Nc1c2c(c(O)c3ncccc13)C(=O)N(Cc1cccc(Cl)c1)C2. The summed E-state index contributed by atoms with van der Waals surface area (Å²) in [5.74, 6) is -0.750. The summed E-state index contributed by atoms with van der Waals surface area (Å²) in [4.78, 5) is 18.8. The summed E-state index contributed by atoms with van der Waals surface area (Å²) < 4.78 is 27.1. The number of pyridine rings is 1. The molecule has 1 aromatic heterocycles. The number of phenolic OH excluding ortho intramolecular Hbond substituents is 1. The van der Waals surface area contributed by atoms with E-state index >= 15 is 0 Å². The number of halogens is 1. The molecule has 0 unspecified atom stereocenters. The minimum atomic E-state index is -3.60. The Morgan fingerprint density at radius 3 is 2.79 bits per heavy atom. The largest absolute Gasteiger partial charge is 0.505 e. The number of aromatic hydroxyl groups is 1. The third-order valence-electron chi connectivity index (χ3n) is 4.89. The first-order valence-corrected chi connectivity index (χ1v) is 11.0. The molecule has 1 aliphatic heterocycles. The molecule has 0 spiro atoms. The number of hydrogen-bond donors (Lipinski definition) is 2. The van der Waals surface area contributed by atoms with Crippen molar-refractivity contribution in [2.75, 3.05) is 10.5 Å². The number of carbonyl (C=O) groups excluding carboxylic acids is 1. The van der Waals surface area contributed by atoms with Crippen molar-refractivity contribution in [3.63, 3.8) is 0 Å². The van der Waals surface area contributed by atoms with Crippen molar-refractivity contribution in [2.24, 2.45) is 0 Å². The van der Waals surface area contributed by atoms with Gasteiger partial charge in [-0.25, -0.2) is 8.42 Å². The lowest BCUT2D eigenvalue weighted by atomic mass is 10.0. The van der Waals surface area contributed by atoms with E-state index in [1.807, 2.05) is 6.07 Å². The molecule has 2 heterocycles. The van der Waals surface area contributed by atoms with E-state index in [4.69, 9.17) is 11.6 Å². The molecule has 2 N–H and O–H groups in total. The third kappa shape index (κ3) is 3.49. The number of anilines is 1. The molecular formula is C20H18ClN3O4S. The fourth-order valence-corrected chi connectivity index (χ4v) is 4.38. The maximum atomic E-state index is 13.1. The van der Waals surface area contributed by atoms with E-state index < -0.39 is 10.0 Å². The maximum Gasteiger partial charge on any atom is 0.258 e. The van der Waals surface area contributed by atoms with Crippen LogP contribution in [-0.2, 0) is 23.1 Å². The molecule has 1 aliphatic rings. The molecular weight excluding hydrogens is 414 g/mol. The zero-order valence-corrected chi connectivity index (χ0v) is 17.1. The predicted octanol–water partition coefficient (Wildman–Crippen LogP) is 3.51. The van der Waals surface area contributed by atoms with Crippen LogP contribution >= 0.6 is 11.6 Å². The quantitative estimate of drug-likeness (QED) is 0.602. The van der Waals surface area contributed by atoms with Crippen LogP contribution in [0.1, 0.15) is 28.4 Å². The van der Waals surface area contributed by atoms with Gasteiger partial charge in [0.2, 0.25) is 10.0 Å². The molecule has 0 fully saturated rings.